The molecule has 2 aromatic rings. The van der Waals surface area contributed by atoms with Crippen LogP contribution in [0.1, 0.15) is 33.5 Å². The van der Waals surface area contributed by atoms with Crippen molar-refractivity contribution in [2.45, 2.75) is 20.0 Å². The summed E-state index contributed by atoms with van der Waals surface area (Å²) in [6, 6.07) is 15.2. The Morgan fingerprint density at radius 1 is 1.12 bits per heavy atom. The molecule has 2 rings (SSSR count). The summed E-state index contributed by atoms with van der Waals surface area (Å²) < 4.78 is 5.13. The highest BCUT2D eigenvalue weighted by atomic mass is 16.5. The molecule has 0 aromatic heterocycles. The number of amides is 1. The Balaban J connectivity index is 1.69. The number of aldehydes is 1. The van der Waals surface area contributed by atoms with E-state index in [-0.39, 0.29) is 6.61 Å². The van der Waals surface area contributed by atoms with Crippen LogP contribution in [0.4, 0.5) is 4.79 Å². The fraction of sp³-hybridized carbons (Fsp3) is 0.200. The van der Waals surface area contributed by atoms with E-state index in [1.807, 2.05) is 67.6 Å². The number of alkyl carbamates (subject to hydrolysis) is 1. The minimum absolute atomic E-state index is 0.264. The van der Waals surface area contributed by atoms with Gasteiger partial charge in [0.05, 0.1) is 0 Å². The molecule has 0 aliphatic rings. The van der Waals surface area contributed by atoms with E-state index in [1.165, 1.54) is 0 Å². The molecular formula is C20H21NO3. The van der Waals surface area contributed by atoms with Gasteiger partial charge in [-0.1, -0.05) is 48.6 Å². The summed E-state index contributed by atoms with van der Waals surface area (Å²) in [5.41, 5.74) is 3.64. The standard InChI is InChI=1S/C20H21NO3/c1-16-11-18(13-19(12-16)14-22)9-5-6-10-21-20(23)24-15-17-7-3-2-4-8-17/h2-5,7-9,11-14H,6,10,15H2,1H3,(H,21,23). The van der Waals surface area contributed by atoms with E-state index in [9.17, 15) is 9.59 Å². The highest BCUT2D eigenvalue weighted by Crippen LogP contribution is 2.10. The Hall–Kier alpha value is -2.88. The summed E-state index contributed by atoms with van der Waals surface area (Å²) in [6.45, 7) is 2.71. The second kappa shape index (κ2) is 9.30. The lowest BCUT2D eigenvalue weighted by molar-refractivity contribution is 0.112. The van der Waals surface area contributed by atoms with Crippen molar-refractivity contribution in [3.63, 3.8) is 0 Å². The normalized spacial score (nSPS) is 10.5. The monoisotopic (exact) mass is 323 g/mol. The summed E-state index contributed by atoms with van der Waals surface area (Å²) in [4.78, 5) is 22.4. The molecule has 0 atom stereocenters. The molecule has 0 aliphatic heterocycles. The molecule has 0 saturated carbocycles. The number of hydrogen-bond acceptors (Lipinski definition) is 3. The van der Waals surface area contributed by atoms with Gasteiger partial charge in [-0.05, 0) is 42.2 Å². The second-order valence-corrected chi connectivity index (χ2v) is 5.47. The SMILES string of the molecule is Cc1cc(C=O)cc(C=CCCNC(=O)OCc2ccccc2)c1. The molecule has 0 bridgehead atoms. The zero-order valence-corrected chi connectivity index (χ0v) is 13.7. The van der Waals surface area contributed by atoms with Crippen LogP contribution in [-0.2, 0) is 11.3 Å². The van der Waals surface area contributed by atoms with E-state index in [4.69, 9.17) is 4.74 Å². The highest BCUT2D eigenvalue weighted by molar-refractivity contribution is 5.77. The van der Waals surface area contributed by atoms with Crippen molar-refractivity contribution in [1.82, 2.24) is 5.32 Å². The topological polar surface area (TPSA) is 55.4 Å². The molecule has 4 nitrogen and oxygen atoms in total. The van der Waals surface area contributed by atoms with Gasteiger partial charge in [0.2, 0.25) is 0 Å². The quantitative estimate of drug-likeness (QED) is 0.615. The largest absolute Gasteiger partial charge is 0.445 e. The molecule has 24 heavy (non-hydrogen) atoms. The van der Waals surface area contributed by atoms with Crippen LogP contribution < -0.4 is 5.32 Å². The van der Waals surface area contributed by atoms with Gasteiger partial charge >= 0.3 is 6.09 Å². The Bertz CT molecular complexity index is 708. The summed E-state index contributed by atoms with van der Waals surface area (Å²) in [6.07, 6.45) is 5.00. The maximum Gasteiger partial charge on any atom is 0.407 e. The molecule has 0 heterocycles. The van der Waals surface area contributed by atoms with Gasteiger partial charge in [0.1, 0.15) is 12.9 Å². The molecule has 2 aromatic carbocycles. The van der Waals surface area contributed by atoms with Crippen LogP contribution in [0, 0.1) is 6.92 Å². The third kappa shape index (κ3) is 6.08. The van der Waals surface area contributed by atoms with Crippen molar-refractivity contribution in [2.24, 2.45) is 0 Å². The fourth-order valence-electron chi connectivity index (χ4n) is 2.26. The fourth-order valence-corrected chi connectivity index (χ4v) is 2.26. The smallest absolute Gasteiger partial charge is 0.407 e. The van der Waals surface area contributed by atoms with Crippen LogP contribution in [0.15, 0.2) is 54.6 Å². The Kier molecular flexibility index (Phi) is 6.77. The van der Waals surface area contributed by atoms with Gasteiger partial charge in [0.15, 0.2) is 0 Å². The summed E-state index contributed by atoms with van der Waals surface area (Å²) in [5, 5.41) is 2.70. The maximum absolute atomic E-state index is 11.6. The number of carbonyl (C=O) groups excluding carboxylic acids is 2. The average molecular weight is 323 g/mol. The molecule has 0 aliphatic carbocycles. The Labute approximate surface area is 142 Å². The van der Waals surface area contributed by atoms with E-state index in [2.05, 4.69) is 5.32 Å². The molecule has 0 fully saturated rings. The van der Waals surface area contributed by atoms with E-state index >= 15 is 0 Å². The van der Waals surface area contributed by atoms with Crippen LogP contribution in [0.2, 0.25) is 0 Å². The van der Waals surface area contributed by atoms with Gasteiger partial charge in [-0.15, -0.1) is 0 Å². The van der Waals surface area contributed by atoms with Crippen LogP contribution >= 0.6 is 0 Å². The van der Waals surface area contributed by atoms with E-state index in [1.54, 1.807) is 0 Å². The summed E-state index contributed by atoms with van der Waals surface area (Å²) >= 11 is 0. The first-order chi connectivity index (χ1) is 11.7. The zero-order chi connectivity index (χ0) is 17.2. The number of aryl methyl sites for hydroxylation is 1. The van der Waals surface area contributed by atoms with Gasteiger partial charge in [-0.2, -0.15) is 0 Å². The van der Waals surface area contributed by atoms with Gasteiger partial charge in [-0.25, -0.2) is 4.79 Å². The van der Waals surface area contributed by atoms with E-state index in [0.717, 1.165) is 23.0 Å². The molecule has 1 N–H and O–H groups in total. The number of ether oxygens (including phenoxy) is 1. The molecule has 0 unspecified atom stereocenters. The first-order valence-electron chi connectivity index (χ1n) is 7.85. The van der Waals surface area contributed by atoms with Crippen LogP contribution in [0.3, 0.4) is 0 Å². The molecular weight excluding hydrogens is 302 g/mol. The number of nitrogens with one attached hydrogen (secondary N) is 1. The second-order valence-electron chi connectivity index (χ2n) is 5.47. The summed E-state index contributed by atoms with van der Waals surface area (Å²) in [7, 11) is 0. The van der Waals surface area contributed by atoms with Crippen molar-refractivity contribution in [2.75, 3.05) is 6.54 Å². The van der Waals surface area contributed by atoms with Crippen molar-refractivity contribution >= 4 is 18.5 Å². The third-order valence-electron chi connectivity index (χ3n) is 3.36. The van der Waals surface area contributed by atoms with Crippen LogP contribution in [-0.4, -0.2) is 18.9 Å². The molecule has 1 amide bonds. The number of rotatable bonds is 7. The van der Waals surface area contributed by atoms with Gasteiger partial charge < -0.3 is 10.1 Å². The van der Waals surface area contributed by atoms with Crippen molar-refractivity contribution < 1.29 is 14.3 Å². The maximum atomic E-state index is 11.6. The van der Waals surface area contributed by atoms with Crippen LogP contribution in [0.25, 0.3) is 6.08 Å². The lowest BCUT2D eigenvalue weighted by Gasteiger charge is -2.06. The number of benzene rings is 2. The molecule has 0 saturated heterocycles. The molecule has 0 radical (unpaired) electrons. The minimum Gasteiger partial charge on any atom is -0.445 e. The predicted molar refractivity (Wildman–Crippen MR) is 94.8 cm³/mol. The first-order valence-corrected chi connectivity index (χ1v) is 7.85. The Morgan fingerprint density at radius 2 is 1.88 bits per heavy atom. The van der Waals surface area contributed by atoms with E-state index in [0.29, 0.717) is 18.5 Å². The van der Waals surface area contributed by atoms with Gasteiger partial charge in [-0.3, -0.25) is 4.79 Å². The molecule has 0 spiro atoms. The lowest BCUT2D eigenvalue weighted by Crippen LogP contribution is -2.24. The third-order valence-corrected chi connectivity index (χ3v) is 3.36. The van der Waals surface area contributed by atoms with Crippen molar-refractivity contribution in [3.8, 4) is 0 Å². The lowest BCUT2D eigenvalue weighted by atomic mass is 10.1. The predicted octanol–water partition coefficient (Wildman–Crippen LogP) is 4.14. The van der Waals surface area contributed by atoms with Gasteiger partial charge in [0, 0.05) is 12.1 Å². The zero-order valence-electron chi connectivity index (χ0n) is 13.7. The highest BCUT2D eigenvalue weighted by Gasteiger charge is 2.00. The Morgan fingerprint density at radius 3 is 2.62 bits per heavy atom. The number of carbonyl (C=O) groups is 2. The molecule has 124 valence electrons. The average Bonchev–Trinajstić information content (AvgIpc) is 2.60. The first kappa shape index (κ1) is 17.5. The van der Waals surface area contributed by atoms with Crippen LogP contribution in [0.5, 0.6) is 0 Å². The van der Waals surface area contributed by atoms with Crippen molar-refractivity contribution in [1.29, 1.82) is 0 Å². The summed E-state index contributed by atoms with van der Waals surface area (Å²) in [5.74, 6) is 0. The molecule has 4 heteroatoms. The number of hydrogen-bond donors (Lipinski definition) is 1. The van der Waals surface area contributed by atoms with Crippen molar-refractivity contribution in [3.05, 3.63) is 76.9 Å². The van der Waals surface area contributed by atoms with E-state index < -0.39 is 6.09 Å². The minimum atomic E-state index is -0.425. The van der Waals surface area contributed by atoms with Gasteiger partial charge in [0.25, 0.3) is 0 Å².